The van der Waals surface area contributed by atoms with Crippen LogP contribution in [0, 0.1) is 0 Å². The highest BCUT2D eigenvalue weighted by Gasteiger charge is 2.53. The Labute approximate surface area is 198 Å². The molecule has 0 aliphatic carbocycles. The number of nitrogens with zero attached hydrogens (tertiary/aromatic N) is 4. The van der Waals surface area contributed by atoms with E-state index in [0.29, 0.717) is 10.8 Å². The molecule has 2 amide bonds. The number of carbonyl (C=O) groups excluding carboxylic acids is 2. The zero-order valence-electron chi connectivity index (χ0n) is 15.7. The Hall–Kier alpha value is -2.87. The molecule has 0 bridgehead atoms. The number of β-lactam (4-membered cyclic amide) rings is 1. The van der Waals surface area contributed by atoms with E-state index in [1.165, 1.54) is 36.0 Å². The molecule has 3 heterocycles. The van der Waals surface area contributed by atoms with Crippen LogP contribution in [0.3, 0.4) is 0 Å². The lowest BCUT2D eigenvalue weighted by molar-refractivity contribution is -0.150. The summed E-state index contributed by atoms with van der Waals surface area (Å²) in [6.45, 7) is 0. The fourth-order valence-corrected chi connectivity index (χ4v) is 4.98. The van der Waals surface area contributed by atoms with Crippen LogP contribution in [0.2, 0.25) is 10.0 Å². The highest BCUT2D eigenvalue weighted by Crippen LogP contribution is 2.37. The largest absolute Gasteiger partial charge is 0.477 e. The van der Waals surface area contributed by atoms with E-state index in [1.807, 2.05) is 0 Å². The Kier molecular flexibility index (Phi) is 6.24. The lowest BCUT2D eigenvalue weighted by Gasteiger charge is -2.48. The molecular formula is C17H12Cl2N6O5S2. The second kappa shape index (κ2) is 8.94. The maximum absolute atomic E-state index is 12.9. The maximum atomic E-state index is 12.9. The molecule has 1 saturated heterocycles. The SMILES string of the molecule is Nc1nc(C(=NOc2ccc(Cl)cc2Cl)C(=O)NC2C(=O)N3C(C(=O)O)=CCS[C@@H]23)ns1. The minimum Gasteiger partial charge on any atom is -0.477 e. The van der Waals surface area contributed by atoms with Crippen molar-refractivity contribution in [3.8, 4) is 5.75 Å². The van der Waals surface area contributed by atoms with Crippen LogP contribution in [-0.4, -0.2) is 60.0 Å². The molecule has 11 nitrogen and oxygen atoms in total. The predicted molar refractivity (Wildman–Crippen MR) is 119 cm³/mol. The van der Waals surface area contributed by atoms with Crippen LogP contribution in [0.25, 0.3) is 0 Å². The second-order valence-electron chi connectivity index (χ2n) is 6.34. The number of hydrogen-bond acceptors (Lipinski definition) is 10. The standard InChI is InChI=1S/C17H12Cl2N6O5S2/c18-6-1-2-9(7(19)5-6)30-23-10(12-22-17(20)32-24-12)13(26)21-11-14(27)25-8(16(28)29)3-4-31-15(11)25/h1-3,5,11,15H,4H2,(H,21,26)(H,28,29)(H2,20,22,24)/t11?,15-/m0/s1. The summed E-state index contributed by atoms with van der Waals surface area (Å²) in [6, 6.07) is 3.45. The molecule has 1 aromatic heterocycles. The van der Waals surface area contributed by atoms with Gasteiger partial charge >= 0.3 is 5.97 Å². The molecule has 0 spiro atoms. The molecule has 1 aromatic carbocycles. The molecule has 0 saturated carbocycles. The molecule has 15 heteroatoms. The van der Waals surface area contributed by atoms with Gasteiger partial charge in [0.15, 0.2) is 10.9 Å². The number of halogens is 2. The van der Waals surface area contributed by atoms with Crippen molar-refractivity contribution in [2.75, 3.05) is 11.5 Å². The number of nitrogens with two attached hydrogens (primary N) is 1. The van der Waals surface area contributed by atoms with Crippen LogP contribution in [-0.2, 0) is 14.4 Å². The highest BCUT2D eigenvalue weighted by molar-refractivity contribution is 8.00. The third-order valence-electron chi connectivity index (χ3n) is 4.35. The predicted octanol–water partition coefficient (Wildman–Crippen LogP) is 1.58. The summed E-state index contributed by atoms with van der Waals surface area (Å²) in [5, 5.41) is 15.7. The zero-order chi connectivity index (χ0) is 23.0. The Morgan fingerprint density at radius 1 is 1.38 bits per heavy atom. The lowest BCUT2D eigenvalue weighted by Crippen LogP contribution is -2.70. The van der Waals surface area contributed by atoms with E-state index in [2.05, 4.69) is 19.8 Å². The van der Waals surface area contributed by atoms with Gasteiger partial charge in [-0.1, -0.05) is 28.4 Å². The fraction of sp³-hybridized carbons (Fsp3) is 0.176. The van der Waals surface area contributed by atoms with Gasteiger partial charge < -0.3 is 21.0 Å². The maximum Gasteiger partial charge on any atom is 0.352 e. The number of anilines is 1. The molecule has 4 N–H and O–H groups in total. The van der Waals surface area contributed by atoms with E-state index >= 15 is 0 Å². The van der Waals surface area contributed by atoms with Gasteiger partial charge in [-0.3, -0.25) is 14.5 Å². The van der Waals surface area contributed by atoms with Crippen molar-refractivity contribution in [3.05, 3.63) is 45.8 Å². The normalized spacial score (nSPS) is 20.2. The molecule has 1 unspecified atom stereocenters. The van der Waals surface area contributed by atoms with Gasteiger partial charge in [0.05, 0.1) is 5.02 Å². The average Bonchev–Trinajstić information content (AvgIpc) is 3.18. The van der Waals surface area contributed by atoms with Crippen molar-refractivity contribution < 1.29 is 24.3 Å². The number of fused-ring (bicyclic) bond motifs is 1. The molecule has 2 aliphatic heterocycles. The average molecular weight is 515 g/mol. The monoisotopic (exact) mass is 514 g/mol. The summed E-state index contributed by atoms with van der Waals surface area (Å²) in [5.74, 6) is -2.19. The van der Waals surface area contributed by atoms with E-state index in [-0.39, 0.29) is 33.1 Å². The fourth-order valence-electron chi connectivity index (χ4n) is 2.91. The number of carbonyl (C=O) groups is 3. The number of carboxylic acid groups (broad SMARTS) is 1. The summed E-state index contributed by atoms with van der Waals surface area (Å²) in [4.78, 5) is 47.2. The Morgan fingerprint density at radius 3 is 2.81 bits per heavy atom. The van der Waals surface area contributed by atoms with Crippen LogP contribution in [0.4, 0.5) is 5.13 Å². The molecule has 32 heavy (non-hydrogen) atoms. The number of oxime groups is 1. The number of nitrogens with one attached hydrogen (secondary N) is 1. The van der Waals surface area contributed by atoms with Crippen molar-refractivity contribution >= 4 is 75.1 Å². The Balaban J connectivity index is 1.56. The van der Waals surface area contributed by atoms with Crippen LogP contribution in [0.5, 0.6) is 5.75 Å². The summed E-state index contributed by atoms with van der Waals surface area (Å²) in [5.41, 5.74) is 5.15. The van der Waals surface area contributed by atoms with Crippen molar-refractivity contribution in [1.82, 2.24) is 19.6 Å². The van der Waals surface area contributed by atoms with Crippen LogP contribution in [0.1, 0.15) is 5.82 Å². The molecule has 0 radical (unpaired) electrons. The van der Waals surface area contributed by atoms with E-state index in [1.54, 1.807) is 0 Å². The lowest BCUT2D eigenvalue weighted by atomic mass is 10.0. The summed E-state index contributed by atoms with van der Waals surface area (Å²) in [7, 11) is 0. The molecule has 2 aliphatic rings. The molecule has 2 aromatic rings. The summed E-state index contributed by atoms with van der Waals surface area (Å²) < 4.78 is 3.97. The summed E-state index contributed by atoms with van der Waals surface area (Å²) >= 11 is 14.1. The van der Waals surface area contributed by atoms with Gasteiger partial charge in [-0.15, -0.1) is 11.8 Å². The van der Waals surface area contributed by atoms with Gasteiger partial charge in [-0.2, -0.15) is 9.36 Å². The van der Waals surface area contributed by atoms with E-state index in [0.717, 1.165) is 16.4 Å². The summed E-state index contributed by atoms with van der Waals surface area (Å²) in [6.07, 6.45) is 1.44. The molecular weight excluding hydrogens is 503 g/mol. The molecule has 2 atom stereocenters. The quantitative estimate of drug-likeness (QED) is 0.295. The van der Waals surface area contributed by atoms with Gasteiger partial charge in [0, 0.05) is 22.3 Å². The third-order valence-corrected chi connectivity index (χ3v) is 6.61. The first-order valence-electron chi connectivity index (χ1n) is 8.75. The molecule has 166 valence electrons. The number of amides is 2. The van der Waals surface area contributed by atoms with Gasteiger partial charge in [-0.25, -0.2) is 4.79 Å². The number of hydrogen-bond donors (Lipinski definition) is 3. The van der Waals surface area contributed by atoms with E-state index in [4.69, 9.17) is 33.8 Å². The minimum absolute atomic E-state index is 0.0926. The van der Waals surface area contributed by atoms with Crippen LogP contribution >= 0.6 is 46.5 Å². The second-order valence-corrected chi connectivity index (χ2v) is 9.12. The van der Waals surface area contributed by atoms with Gasteiger partial charge in [0.1, 0.15) is 17.1 Å². The van der Waals surface area contributed by atoms with Crippen LogP contribution in [0.15, 0.2) is 35.1 Å². The topological polar surface area (TPSA) is 160 Å². The highest BCUT2D eigenvalue weighted by atomic mass is 35.5. The third kappa shape index (κ3) is 4.24. The van der Waals surface area contributed by atoms with Crippen molar-refractivity contribution in [3.63, 3.8) is 0 Å². The van der Waals surface area contributed by atoms with E-state index in [9.17, 15) is 19.5 Å². The number of rotatable bonds is 6. The Bertz CT molecular complexity index is 1190. The number of nitrogen functional groups attached to an aromatic ring is 1. The zero-order valence-corrected chi connectivity index (χ0v) is 18.8. The first-order valence-corrected chi connectivity index (χ1v) is 11.3. The van der Waals surface area contributed by atoms with Crippen molar-refractivity contribution in [2.24, 2.45) is 5.16 Å². The number of thioether (sulfide) groups is 1. The van der Waals surface area contributed by atoms with Gasteiger partial charge in [-0.05, 0) is 24.3 Å². The number of aromatic nitrogens is 2. The Morgan fingerprint density at radius 2 is 2.16 bits per heavy atom. The van der Waals surface area contributed by atoms with Gasteiger partial charge in [0.25, 0.3) is 11.8 Å². The first kappa shape index (κ1) is 22.3. The van der Waals surface area contributed by atoms with Crippen molar-refractivity contribution in [1.29, 1.82) is 0 Å². The minimum atomic E-state index is -1.22. The molecule has 1 fully saturated rings. The number of aliphatic carboxylic acids is 1. The van der Waals surface area contributed by atoms with E-state index < -0.39 is 29.2 Å². The van der Waals surface area contributed by atoms with Crippen molar-refractivity contribution in [2.45, 2.75) is 11.4 Å². The number of benzene rings is 1. The smallest absolute Gasteiger partial charge is 0.352 e. The number of carboxylic acids is 1. The van der Waals surface area contributed by atoms with Crippen LogP contribution < -0.4 is 15.9 Å². The van der Waals surface area contributed by atoms with Gasteiger partial charge in [0.2, 0.25) is 11.5 Å². The molecule has 4 rings (SSSR count). The first-order chi connectivity index (χ1) is 15.3.